The summed E-state index contributed by atoms with van der Waals surface area (Å²) in [5, 5.41) is 1.01. The van der Waals surface area contributed by atoms with Gasteiger partial charge in [0.05, 0.1) is 19.2 Å². The zero-order chi connectivity index (χ0) is 19.1. The van der Waals surface area contributed by atoms with Crippen LogP contribution in [0, 0.1) is 0 Å². The lowest BCUT2D eigenvalue weighted by Crippen LogP contribution is -2.56. The number of esters is 1. The van der Waals surface area contributed by atoms with E-state index >= 15 is 0 Å². The number of rotatable bonds is 3. The van der Waals surface area contributed by atoms with Gasteiger partial charge >= 0.3 is 5.97 Å². The highest BCUT2D eigenvalue weighted by Gasteiger charge is 2.59. The quantitative estimate of drug-likeness (QED) is 0.631. The van der Waals surface area contributed by atoms with Crippen LogP contribution in [0.25, 0.3) is 0 Å². The normalized spacial score (nSPS) is 21.9. The second-order valence-electron chi connectivity index (χ2n) is 6.17. The minimum absolute atomic E-state index is 0.0490. The average molecular weight is 357 g/mol. The van der Waals surface area contributed by atoms with Crippen molar-refractivity contribution in [2.75, 3.05) is 12.0 Å². The maximum atomic E-state index is 13.1. The smallest absolute Gasteiger partial charge is 0.355 e. The molecule has 0 aliphatic carbocycles. The van der Waals surface area contributed by atoms with Crippen molar-refractivity contribution in [2.45, 2.75) is 32.2 Å². The van der Waals surface area contributed by atoms with Gasteiger partial charge in [-0.1, -0.05) is 19.1 Å². The van der Waals surface area contributed by atoms with Gasteiger partial charge in [-0.2, -0.15) is 0 Å². The van der Waals surface area contributed by atoms with E-state index in [1.807, 2.05) is 19.1 Å². The van der Waals surface area contributed by atoms with Crippen molar-refractivity contribution >= 4 is 29.4 Å². The number of carbonyl (C=O) groups excluding carboxylic acids is 4. The lowest BCUT2D eigenvalue weighted by atomic mass is 9.96. The van der Waals surface area contributed by atoms with Crippen LogP contribution in [0.1, 0.15) is 25.8 Å². The van der Waals surface area contributed by atoms with Crippen LogP contribution in [0.3, 0.4) is 0 Å². The first-order valence-electron chi connectivity index (χ1n) is 8.19. The van der Waals surface area contributed by atoms with E-state index in [-0.39, 0.29) is 12.1 Å². The topological polar surface area (TPSA) is 96.0 Å². The molecule has 1 spiro atoms. The van der Waals surface area contributed by atoms with Crippen LogP contribution in [0.4, 0.5) is 5.69 Å². The molecule has 0 aromatic heterocycles. The first-order chi connectivity index (χ1) is 12.3. The Morgan fingerprint density at radius 2 is 1.88 bits per heavy atom. The minimum atomic E-state index is -1.57. The number of methoxy groups -OCH3 is 1. The van der Waals surface area contributed by atoms with Crippen molar-refractivity contribution in [3.8, 4) is 0 Å². The second kappa shape index (κ2) is 6.29. The predicted molar refractivity (Wildman–Crippen MR) is 91.4 cm³/mol. The van der Waals surface area contributed by atoms with Crippen LogP contribution < -0.4 is 10.3 Å². The number of hydrogen-bond acceptors (Lipinski definition) is 6. The summed E-state index contributed by atoms with van der Waals surface area (Å²) in [6.07, 6.45) is 1.87. The molecule has 1 fully saturated rings. The summed E-state index contributed by atoms with van der Waals surface area (Å²) in [6, 6.07) is 7.07. The highest BCUT2D eigenvalue weighted by atomic mass is 16.5. The van der Waals surface area contributed by atoms with E-state index in [4.69, 9.17) is 0 Å². The van der Waals surface area contributed by atoms with Gasteiger partial charge in [-0.05, 0) is 30.2 Å². The van der Waals surface area contributed by atoms with Gasteiger partial charge in [-0.3, -0.25) is 19.8 Å². The van der Waals surface area contributed by atoms with Crippen LogP contribution in [-0.2, 0) is 30.3 Å². The Morgan fingerprint density at radius 3 is 2.42 bits per heavy atom. The number of ether oxygens (including phenoxy) is 1. The maximum absolute atomic E-state index is 13.1. The number of carbonyl (C=O) groups is 4. The average Bonchev–Trinajstić information content (AvgIpc) is 3.13. The summed E-state index contributed by atoms with van der Waals surface area (Å²) >= 11 is 0. The van der Waals surface area contributed by atoms with E-state index < -0.39 is 29.2 Å². The molecule has 8 nitrogen and oxygen atoms in total. The summed E-state index contributed by atoms with van der Waals surface area (Å²) in [4.78, 5) is 50.7. The third-order valence-corrected chi connectivity index (χ3v) is 4.58. The Labute approximate surface area is 150 Å². The molecule has 1 aromatic rings. The monoisotopic (exact) mass is 357 g/mol. The van der Waals surface area contributed by atoms with Gasteiger partial charge < -0.3 is 4.74 Å². The van der Waals surface area contributed by atoms with Gasteiger partial charge in [-0.15, -0.1) is 0 Å². The molecule has 3 amide bonds. The Hall–Kier alpha value is -3.16. The number of hydrazine groups is 1. The van der Waals surface area contributed by atoms with Crippen LogP contribution in [-0.4, -0.2) is 41.3 Å². The molecule has 1 atom stereocenters. The van der Waals surface area contributed by atoms with Gasteiger partial charge in [0.25, 0.3) is 5.91 Å². The number of anilines is 1. The van der Waals surface area contributed by atoms with Gasteiger partial charge in [0.2, 0.25) is 11.8 Å². The Kier molecular flexibility index (Phi) is 4.27. The number of imide groups is 1. The van der Waals surface area contributed by atoms with E-state index in [2.05, 4.69) is 10.2 Å². The lowest BCUT2D eigenvalue weighted by molar-refractivity contribution is -0.143. The van der Waals surface area contributed by atoms with E-state index in [1.54, 1.807) is 12.1 Å². The lowest BCUT2D eigenvalue weighted by Gasteiger charge is -2.30. The number of hydrogen-bond donors (Lipinski definition) is 1. The molecule has 2 aliphatic rings. The van der Waals surface area contributed by atoms with E-state index in [9.17, 15) is 19.2 Å². The standard InChI is InChI=1S/C18H19N3O5/c1-4-12-5-7-13(8-6-12)20-15(23)10-18(17(20)25)9-14(16(24)26-3)19-21(18)11(2)22/h5-9,19H,4,10H2,1-3H3/t18-/m1/s1. The third kappa shape index (κ3) is 2.54. The number of nitrogens with zero attached hydrogens (tertiary/aromatic N) is 2. The molecule has 2 heterocycles. The summed E-state index contributed by atoms with van der Waals surface area (Å²) in [7, 11) is 1.19. The fourth-order valence-electron chi connectivity index (χ4n) is 3.25. The molecule has 1 saturated heterocycles. The fraction of sp³-hybridized carbons (Fsp3) is 0.333. The van der Waals surface area contributed by atoms with Crippen molar-refractivity contribution in [3.05, 3.63) is 41.6 Å². The van der Waals surface area contributed by atoms with Crippen molar-refractivity contribution in [1.82, 2.24) is 10.4 Å². The SMILES string of the molecule is CCc1ccc(N2C(=O)C[C@]3(C=C(C(=O)OC)NN3C(C)=O)C2=O)cc1. The molecule has 0 unspecified atom stereocenters. The third-order valence-electron chi connectivity index (χ3n) is 4.58. The molecular weight excluding hydrogens is 338 g/mol. The molecule has 1 aromatic carbocycles. The molecule has 2 aliphatic heterocycles. The van der Waals surface area contributed by atoms with Crippen LogP contribution in [0.2, 0.25) is 0 Å². The van der Waals surface area contributed by atoms with Crippen molar-refractivity contribution in [1.29, 1.82) is 0 Å². The summed E-state index contributed by atoms with van der Waals surface area (Å²) < 4.78 is 4.65. The van der Waals surface area contributed by atoms with Crippen LogP contribution >= 0.6 is 0 Å². The number of benzene rings is 1. The Morgan fingerprint density at radius 1 is 1.23 bits per heavy atom. The predicted octanol–water partition coefficient (Wildman–Crippen LogP) is 0.675. The van der Waals surface area contributed by atoms with Crippen molar-refractivity contribution in [3.63, 3.8) is 0 Å². The van der Waals surface area contributed by atoms with Gasteiger partial charge in [0.15, 0.2) is 5.54 Å². The highest BCUT2D eigenvalue weighted by Crippen LogP contribution is 2.38. The molecule has 0 bridgehead atoms. The zero-order valence-corrected chi connectivity index (χ0v) is 14.7. The molecule has 0 saturated carbocycles. The number of nitrogens with one attached hydrogen (secondary N) is 1. The molecular formula is C18H19N3O5. The van der Waals surface area contributed by atoms with Gasteiger partial charge in [0.1, 0.15) is 5.70 Å². The van der Waals surface area contributed by atoms with Gasteiger partial charge in [0, 0.05) is 6.92 Å². The number of amides is 3. The molecule has 136 valence electrons. The Balaban J connectivity index is 2.03. The van der Waals surface area contributed by atoms with Crippen LogP contribution in [0.5, 0.6) is 0 Å². The second-order valence-corrected chi connectivity index (χ2v) is 6.17. The maximum Gasteiger partial charge on any atom is 0.355 e. The van der Waals surface area contributed by atoms with Crippen LogP contribution in [0.15, 0.2) is 36.0 Å². The highest BCUT2D eigenvalue weighted by molar-refractivity contribution is 6.26. The van der Waals surface area contributed by atoms with Crippen molar-refractivity contribution < 1.29 is 23.9 Å². The molecule has 1 N–H and O–H groups in total. The molecule has 3 rings (SSSR count). The van der Waals surface area contributed by atoms with Gasteiger partial charge in [-0.25, -0.2) is 14.7 Å². The fourth-order valence-corrected chi connectivity index (χ4v) is 3.25. The molecule has 26 heavy (non-hydrogen) atoms. The van der Waals surface area contributed by atoms with Crippen molar-refractivity contribution in [2.24, 2.45) is 0 Å². The minimum Gasteiger partial charge on any atom is -0.464 e. The first kappa shape index (κ1) is 17.7. The Bertz CT molecular complexity index is 830. The van der Waals surface area contributed by atoms with E-state index in [0.717, 1.165) is 21.9 Å². The van der Waals surface area contributed by atoms with E-state index in [0.29, 0.717) is 5.69 Å². The summed E-state index contributed by atoms with van der Waals surface area (Å²) in [5.41, 5.74) is 2.46. The molecule has 8 heteroatoms. The first-order valence-corrected chi connectivity index (χ1v) is 8.19. The largest absolute Gasteiger partial charge is 0.464 e. The summed E-state index contributed by atoms with van der Waals surface area (Å²) in [5.74, 6) is -2.26. The number of aryl methyl sites for hydroxylation is 1. The summed E-state index contributed by atoms with van der Waals surface area (Å²) in [6.45, 7) is 3.25. The zero-order valence-electron chi connectivity index (χ0n) is 14.7. The van der Waals surface area contributed by atoms with E-state index in [1.165, 1.54) is 20.1 Å². The molecule has 0 radical (unpaired) electrons.